The molecule has 1 amide bonds. The smallest absolute Gasteiger partial charge is 0.273 e. The summed E-state index contributed by atoms with van der Waals surface area (Å²) < 4.78 is 1.93. The molecule has 0 spiro atoms. The highest BCUT2D eigenvalue weighted by Gasteiger charge is 2.21. The number of rotatable bonds is 2. The molecule has 1 aromatic rings. The SMILES string of the molecule is CC(N)N1CCCn2nc(C(=O)N(C)C)cc2C1. The van der Waals surface area contributed by atoms with E-state index in [0.29, 0.717) is 5.69 Å². The van der Waals surface area contributed by atoms with Crippen molar-refractivity contribution in [2.75, 3.05) is 20.6 Å². The van der Waals surface area contributed by atoms with Gasteiger partial charge in [-0.2, -0.15) is 5.10 Å². The van der Waals surface area contributed by atoms with Crippen LogP contribution in [0.2, 0.25) is 0 Å². The Balaban J connectivity index is 2.23. The van der Waals surface area contributed by atoms with E-state index < -0.39 is 0 Å². The Hall–Kier alpha value is -1.40. The lowest BCUT2D eigenvalue weighted by atomic mass is 10.3. The van der Waals surface area contributed by atoms with Crippen LogP contribution in [0, 0.1) is 0 Å². The van der Waals surface area contributed by atoms with Crippen molar-refractivity contribution in [2.45, 2.75) is 32.6 Å². The normalized spacial score (nSPS) is 18.0. The van der Waals surface area contributed by atoms with Crippen molar-refractivity contribution < 1.29 is 4.79 Å². The van der Waals surface area contributed by atoms with Crippen LogP contribution in [0.3, 0.4) is 0 Å². The first-order chi connectivity index (χ1) is 8.49. The van der Waals surface area contributed by atoms with Gasteiger partial charge in [-0.25, -0.2) is 0 Å². The van der Waals surface area contributed by atoms with Crippen molar-refractivity contribution in [1.29, 1.82) is 0 Å². The third-order valence-electron chi connectivity index (χ3n) is 3.24. The molecule has 2 N–H and O–H groups in total. The maximum absolute atomic E-state index is 11.9. The molecule has 18 heavy (non-hydrogen) atoms. The Labute approximate surface area is 107 Å². The van der Waals surface area contributed by atoms with Crippen LogP contribution in [-0.2, 0) is 13.1 Å². The van der Waals surface area contributed by atoms with Crippen LogP contribution in [0.1, 0.15) is 29.5 Å². The van der Waals surface area contributed by atoms with Crippen LogP contribution in [0.4, 0.5) is 0 Å². The molecule has 6 heteroatoms. The van der Waals surface area contributed by atoms with E-state index in [0.717, 1.165) is 31.7 Å². The summed E-state index contributed by atoms with van der Waals surface area (Å²) >= 11 is 0. The molecule has 0 aromatic carbocycles. The molecule has 0 saturated heterocycles. The monoisotopic (exact) mass is 251 g/mol. The molecular weight excluding hydrogens is 230 g/mol. The van der Waals surface area contributed by atoms with Crippen LogP contribution in [0.5, 0.6) is 0 Å². The second-order valence-corrected chi connectivity index (χ2v) is 5.01. The third-order valence-corrected chi connectivity index (χ3v) is 3.24. The molecule has 0 fully saturated rings. The lowest BCUT2D eigenvalue weighted by molar-refractivity contribution is 0.0821. The first-order valence-corrected chi connectivity index (χ1v) is 6.27. The predicted octanol–water partition coefficient (Wildman–Crippen LogP) is 0.0953. The van der Waals surface area contributed by atoms with E-state index >= 15 is 0 Å². The number of hydrogen-bond donors (Lipinski definition) is 1. The van der Waals surface area contributed by atoms with Gasteiger partial charge in [0.15, 0.2) is 5.69 Å². The fourth-order valence-corrected chi connectivity index (χ4v) is 2.17. The molecule has 100 valence electrons. The molecule has 1 aliphatic heterocycles. The molecule has 6 nitrogen and oxygen atoms in total. The summed E-state index contributed by atoms with van der Waals surface area (Å²) in [5.74, 6) is -0.0529. The second-order valence-electron chi connectivity index (χ2n) is 5.01. The lowest BCUT2D eigenvalue weighted by Crippen LogP contribution is -2.39. The summed E-state index contributed by atoms with van der Waals surface area (Å²) in [6.45, 7) is 4.56. The Bertz CT molecular complexity index is 438. The van der Waals surface area contributed by atoms with Crippen molar-refractivity contribution in [1.82, 2.24) is 19.6 Å². The number of nitrogens with zero attached hydrogens (tertiary/aromatic N) is 4. The van der Waals surface area contributed by atoms with E-state index in [2.05, 4.69) is 10.00 Å². The molecule has 0 saturated carbocycles. The third kappa shape index (κ3) is 2.54. The highest BCUT2D eigenvalue weighted by atomic mass is 16.2. The number of aryl methyl sites for hydroxylation is 1. The summed E-state index contributed by atoms with van der Waals surface area (Å²) in [5.41, 5.74) is 7.51. The Kier molecular flexibility index (Phi) is 3.68. The topological polar surface area (TPSA) is 67.4 Å². The molecule has 0 bridgehead atoms. The zero-order valence-corrected chi connectivity index (χ0v) is 11.3. The van der Waals surface area contributed by atoms with Crippen LogP contribution in [0.15, 0.2) is 6.07 Å². The maximum Gasteiger partial charge on any atom is 0.273 e. The molecule has 0 aliphatic carbocycles. The number of hydrogen-bond acceptors (Lipinski definition) is 4. The average Bonchev–Trinajstić information content (AvgIpc) is 2.59. The van der Waals surface area contributed by atoms with Gasteiger partial charge >= 0.3 is 0 Å². The number of aromatic nitrogens is 2. The lowest BCUT2D eigenvalue weighted by Gasteiger charge is -2.23. The summed E-state index contributed by atoms with van der Waals surface area (Å²) in [6, 6.07) is 1.88. The first-order valence-electron chi connectivity index (χ1n) is 6.27. The number of nitrogens with two attached hydrogens (primary N) is 1. The van der Waals surface area contributed by atoms with Crippen molar-refractivity contribution >= 4 is 5.91 Å². The Morgan fingerprint density at radius 3 is 2.83 bits per heavy atom. The zero-order valence-electron chi connectivity index (χ0n) is 11.3. The van der Waals surface area contributed by atoms with Gasteiger partial charge in [0.05, 0.1) is 11.9 Å². The van der Waals surface area contributed by atoms with E-state index in [1.54, 1.807) is 19.0 Å². The highest BCUT2D eigenvalue weighted by molar-refractivity contribution is 5.92. The number of carbonyl (C=O) groups excluding carboxylic acids is 1. The summed E-state index contributed by atoms with van der Waals surface area (Å²) in [5, 5.41) is 4.38. The number of fused-ring (bicyclic) bond motifs is 1. The molecule has 1 aliphatic rings. The van der Waals surface area contributed by atoms with E-state index in [1.165, 1.54) is 0 Å². The molecule has 1 unspecified atom stereocenters. The van der Waals surface area contributed by atoms with Gasteiger partial charge in [-0.05, 0) is 19.4 Å². The summed E-state index contributed by atoms with van der Waals surface area (Å²) in [6.07, 6.45) is 1.03. The van der Waals surface area contributed by atoms with Crippen LogP contribution in [-0.4, -0.2) is 52.3 Å². The zero-order chi connectivity index (χ0) is 13.3. The van der Waals surface area contributed by atoms with Crippen LogP contribution >= 0.6 is 0 Å². The van der Waals surface area contributed by atoms with Gasteiger partial charge in [-0.1, -0.05) is 0 Å². The van der Waals surface area contributed by atoms with Crippen molar-refractivity contribution in [3.8, 4) is 0 Å². The van der Waals surface area contributed by atoms with E-state index in [1.807, 2.05) is 17.7 Å². The quantitative estimate of drug-likeness (QED) is 0.809. The minimum absolute atomic E-state index is 0.0273. The van der Waals surface area contributed by atoms with E-state index in [4.69, 9.17) is 5.73 Å². The van der Waals surface area contributed by atoms with Crippen LogP contribution < -0.4 is 5.73 Å². The van der Waals surface area contributed by atoms with Gasteiger partial charge in [0.1, 0.15) is 0 Å². The molecule has 0 radical (unpaired) electrons. The van der Waals surface area contributed by atoms with E-state index in [9.17, 15) is 4.79 Å². The van der Waals surface area contributed by atoms with Crippen molar-refractivity contribution in [2.24, 2.45) is 5.73 Å². The Morgan fingerprint density at radius 2 is 2.22 bits per heavy atom. The van der Waals surface area contributed by atoms with Crippen LogP contribution in [0.25, 0.3) is 0 Å². The average molecular weight is 251 g/mol. The second kappa shape index (κ2) is 5.07. The standard InChI is InChI=1S/C12H21N5O/c1-9(13)16-5-4-6-17-10(8-16)7-11(14-17)12(18)15(2)3/h7,9H,4-6,8,13H2,1-3H3. The first kappa shape index (κ1) is 13.0. The van der Waals surface area contributed by atoms with Gasteiger partial charge in [0, 0.05) is 33.7 Å². The Morgan fingerprint density at radius 1 is 1.50 bits per heavy atom. The minimum Gasteiger partial charge on any atom is -0.343 e. The molecule has 1 aromatic heterocycles. The number of carbonyl (C=O) groups is 1. The van der Waals surface area contributed by atoms with Crippen molar-refractivity contribution in [3.63, 3.8) is 0 Å². The van der Waals surface area contributed by atoms with Crippen molar-refractivity contribution in [3.05, 3.63) is 17.5 Å². The molecule has 1 atom stereocenters. The van der Waals surface area contributed by atoms with Gasteiger partial charge in [0.25, 0.3) is 5.91 Å². The fraction of sp³-hybridized carbons (Fsp3) is 0.667. The van der Waals surface area contributed by atoms with Gasteiger partial charge in [0.2, 0.25) is 0 Å². The van der Waals surface area contributed by atoms with E-state index in [-0.39, 0.29) is 12.1 Å². The molecule has 2 heterocycles. The largest absolute Gasteiger partial charge is 0.343 e. The van der Waals surface area contributed by atoms with Gasteiger partial charge in [-0.3, -0.25) is 14.4 Å². The molecular formula is C12H21N5O. The highest BCUT2D eigenvalue weighted by Crippen LogP contribution is 2.15. The predicted molar refractivity (Wildman–Crippen MR) is 68.9 cm³/mol. The summed E-state index contributed by atoms with van der Waals surface area (Å²) in [7, 11) is 3.47. The minimum atomic E-state index is -0.0529. The number of amides is 1. The maximum atomic E-state index is 11.9. The van der Waals surface area contributed by atoms with Gasteiger partial charge < -0.3 is 10.6 Å². The fourth-order valence-electron chi connectivity index (χ4n) is 2.17. The summed E-state index contributed by atoms with van der Waals surface area (Å²) in [4.78, 5) is 15.6. The molecule has 2 rings (SSSR count). The van der Waals surface area contributed by atoms with Gasteiger partial charge in [-0.15, -0.1) is 0 Å².